The van der Waals surface area contributed by atoms with Crippen molar-refractivity contribution in [1.82, 2.24) is 9.88 Å². The molecule has 1 aromatic heterocycles. The van der Waals surface area contributed by atoms with Gasteiger partial charge in [-0.2, -0.15) is 0 Å². The zero-order chi connectivity index (χ0) is 14.5. The fourth-order valence-electron chi connectivity index (χ4n) is 1.63. The van der Waals surface area contributed by atoms with Gasteiger partial charge in [-0.15, -0.1) is 0 Å². The Morgan fingerprint density at radius 2 is 2.10 bits per heavy atom. The second-order valence-electron chi connectivity index (χ2n) is 4.26. The summed E-state index contributed by atoms with van der Waals surface area (Å²) in [6.07, 6.45) is 1.73. The van der Waals surface area contributed by atoms with Crippen LogP contribution in [0.1, 0.15) is 10.5 Å². The molecule has 0 bridgehead atoms. The van der Waals surface area contributed by atoms with Crippen molar-refractivity contribution in [2.75, 3.05) is 20.2 Å². The lowest BCUT2D eigenvalue weighted by atomic mass is 10.3. The Labute approximate surface area is 130 Å². The van der Waals surface area contributed by atoms with E-state index in [1.807, 2.05) is 0 Å². The van der Waals surface area contributed by atoms with Crippen LogP contribution < -0.4 is 4.74 Å². The summed E-state index contributed by atoms with van der Waals surface area (Å²) >= 11 is 9.09. The standard InChI is InChI=1S/C14H14BrClN2O2/c1-18(14(19)13-8-10(15)9-17-13)6-7-20-12-4-2-11(16)3-5-12/h2-5,8-9,17H,6-7H2,1H3. The SMILES string of the molecule is CN(CCOc1ccc(Cl)cc1)C(=O)c1cc(Br)c[nH]1. The van der Waals surface area contributed by atoms with E-state index in [4.69, 9.17) is 16.3 Å². The Balaban J connectivity index is 1.81. The molecule has 0 saturated heterocycles. The normalized spacial score (nSPS) is 10.3. The van der Waals surface area contributed by atoms with Crippen LogP contribution in [0.25, 0.3) is 0 Å². The van der Waals surface area contributed by atoms with Gasteiger partial charge in [0, 0.05) is 22.7 Å². The molecule has 0 unspecified atom stereocenters. The number of nitrogens with one attached hydrogen (secondary N) is 1. The number of nitrogens with zero attached hydrogens (tertiary/aromatic N) is 1. The molecular weight excluding hydrogens is 344 g/mol. The van der Waals surface area contributed by atoms with Crippen molar-refractivity contribution >= 4 is 33.4 Å². The molecule has 2 rings (SSSR count). The first kappa shape index (κ1) is 14.9. The number of likely N-dealkylation sites (N-methyl/N-ethyl adjacent to an activating group) is 1. The molecule has 1 heterocycles. The van der Waals surface area contributed by atoms with Crippen molar-refractivity contribution in [1.29, 1.82) is 0 Å². The van der Waals surface area contributed by atoms with Gasteiger partial charge in [0.05, 0.1) is 6.54 Å². The number of amides is 1. The number of rotatable bonds is 5. The maximum atomic E-state index is 12.0. The van der Waals surface area contributed by atoms with Gasteiger partial charge in [0.2, 0.25) is 0 Å². The van der Waals surface area contributed by atoms with Crippen LogP contribution in [0.2, 0.25) is 5.02 Å². The fraction of sp³-hybridized carbons (Fsp3) is 0.214. The van der Waals surface area contributed by atoms with Crippen LogP contribution in [0.5, 0.6) is 5.75 Å². The van der Waals surface area contributed by atoms with Gasteiger partial charge in [0.1, 0.15) is 18.1 Å². The van der Waals surface area contributed by atoms with E-state index in [0.29, 0.717) is 23.9 Å². The molecule has 1 amide bonds. The van der Waals surface area contributed by atoms with Crippen LogP contribution in [0.3, 0.4) is 0 Å². The van der Waals surface area contributed by atoms with E-state index < -0.39 is 0 Å². The van der Waals surface area contributed by atoms with Gasteiger partial charge in [-0.05, 0) is 46.3 Å². The molecule has 106 valence electrons. The zero-order valence-corrected chi connectivity index (χ0v) is 13.2. The second kappa shape index (κ2) is 6.81. The molecule has 0 fully saturated rings. The third-order valence-electron chi connectivity index (χ3n) is 2.73. The summed E-state index contributed by atoms with van der Waals surface area (Å²) in [5.74, 6) is 0.660. The molecule has 4 nitrogen and oxygen atoms in total. The molecule has 0 spiro atoms. The zero-order valence-electron chi connectivity index (χ0n) is 10.9. The van der Waals surface area contributed by atoms with Gasteiger partial charge < -0.3 is 14.6 Å². The maximum absolute atomic E-state index is 12.0. The summed E-state index contributed by atoms with van der Waals surface area (Å²) in [6, 6.07) is 8.88. The van der Waals surface area contributed by atoms with Crippen molar-refractivity contribution in [3.05, 3.63) is 51.7 Å². The van der Waals surface area contributed by atoms with Crippen molar-refractivity contribution < 1.29 is 9.53 Å². The molecular formula is C14H14BrClN2O2. The minimum Gasteiger partial charge on any atom is -0.492 e. The summed E-state index contributed by atoms with van der Waals surface area (Å²) in [5.41, 5.74) is 0.547. The largest absolute Gasteiger partial charge is 0.492 e. The van der Waals surface area contributed by atoms with Gasteiger partial charge in [0.25, 0.3) is 5.91 Å². The Morgan fingerprint density at radius 3 is 2.70 bits per heavy atom. The number of hydrogen-bond acceptors (Lipinski definition) is 2. The molecule has 0 aliphatic heterocycles. The highest BCUT2D eigenvalue weighted by molar-refractivity contribution is 9.10. The van der Waals surface area contributed by atoms with Crippen LogP contribution >= 0.6 is 27.5 Å². The third kappa shape index (κ3) is 4.02. The van der Waals surface area contributed by atoms with Crippen LogP contribution in [0, 0.1) is 0 Å². The molecule has 6 heteroatoms. The molecule has 1 N–H and O–H groups in total. The number of H-pyrrole nitrogens is 1. The number of hydrogen-bond donors (Lipinski definition) is 1. The van der Waals surface area contributed by atoms with Crippen LogP contribution in [0.15, 0.2) is 41.0 Å². The summed E-state index contributed by atoms with van der Waals surface area (Å²) in [4.78, 5) is 16.6. The molecule has 0 aliphatic carbocycles. The van der Waals surface area contributed by atoms with Crippen molar-refractivity contribution in [3.63, 3.8) is 0 Å². The predicted octanol–water partition coefficient (Wildman–Crippen LogP) is 3.58. The lowest BCUT2D eigenvalue weighted by Gasteiger charge is -2.16. The molecule has 20 heavy (non-hydrogen) atoms. The number of aromatic nitrogens is 1. The highest BCUT2D eigenvalue weighted by Crippen LogP contribution is 2.15. The summed E-state index contributed by atoms with van der Waals surface area (Å²) in [7, 11) is 1.74. The van der Waals surface area contributed by atoms with E-state index >= 15 is 0 Å². The fourth-order valence-corrected chi connectivity index (χ4v) is 2.10. The molecule has 1 aromatic carbocycles. The number of carbonyl (C=O) groups excluding carboxylic acids is 1. The lowest BCUT2D eigenvalue weighted by Crippen LogP contribution is -2.31. The number of halogens is 2. The lowest BCUT2D eigenvalue weighted by molar-refractivity contribution is 0.0768. The number of benzene rings is 1. The molecule has 2 aromatic rings. The highest BCUT2D eigenvalue weighted by atomic mass is 79.9. The minimum absolute atomic E-state index is 0.0737. The van der Waals surface area contributed by atoms with E-state index in [1.54, 1.807) is 48.5 Å². The van der Waals surface area contributed by atoms with Crippen LogP contribution in [-0.4, -0.2) is 36.0 Å². The molecule has 0 atom stereocenters. The van der Waals surface area contributed by atoms with E-state index in [2.05, 4.69) is 20.9 Å². The maximum Gasteiger partial charge on any atom is 0.270 e. The Morgan fingerprint density at radius 1 is 1.40 bits per heavy atom. The average molecular weight is 358 g/mol. The predicted molar refractivity (Wildman–Crippen MR) is 82.4 cm³/mol. The van der Waals surface area contributed by atoms with Crippen LogP contribution in [-0.2, 0) is 0 Å². The summed E-state index contributed by atoms with van der Waals surface area (Å²) in [6.45, 7) is 0.920. The average Bonchev–Trinajstić information content (AvgIpc) is 2.86. The molecule has 0 aliphatic rings. The quantitative estimate of drug-likeness (QED) is 0.889. The third-order valence-corrected chi connectivity index (χ3v) is 3.44. The van der Waals surface area contributed by atoms with Crippen molar-refractivity contribution in [3.8, 4) is 5.75 Å². The number of carbonyl (C=O) groups is 1. The summed E-state index contributed by atoms with van der Waals surface area (Å²) in [5, 5.41) is 0.668. The first-order valence-corrected chi connectivity index (χ1v) is 7.21. The van der Waals surface area contributed by atoms with Gasteiger partial charge in [-0.1, -0.05) is 11.6 Å². The van der Waals surface area contributed by atoms with Crippen LogP contribution in [0.4, 0.5) is 0 Å². The second-order valence-corrected chi connectivity index (χ2v) is 5.61. The monoisotopic (exact) mass is 356 g/mol. The van der Waals surface area contributed by atoms with E-state index in [-0.39, 0.29) is 5.91 Å². The highest BCUT2D eigenvalue weighted by Gasteiger charge is 2.13. The smallest absolute Gasteiger partial charge is 0.270 e. The molecule has 0 saturated carbocycles. The summed E-state index contributed by atoms with van der Waals surface area (Å²) < 4.78 is 6.40. The topological polar surface area (TPSA) is 45.3 Å². The first-order chi connectivity index (χ1) is 9.56. The van der Waals surface area contributed by atoms with Gasteiger partial charge >= 0.3 is 0 Å². The first-order valence-electron chi connectivity index (χ1n) is 6.04. The molecule has 0 radical (unpaired) electrons. The van der Waals surface area contributed by atoms with E-state index in [9.17, 15) is 4.79 Å². The Bertz CT molecular complexity index is 583. The number of aromatic amines is 1. The van der Waals surface area contributed by atoms with Gasteiger partial charge in [-0.25, -0.2) is 0 Å². The van der Waals surface area contributed by atoms with E-state index in [0.717, 1.165) is 10.2 Å². The minimum atomic E-state index is -0.0737. The van der Waals surface area contributed by atoms with Crippen molar-refractivity contribution in [2.24, 2.45) is 0 Å². The Kier molecular flexibility index (Phi) is 5.09. The van der Waals surface area contributed by atoms with E-state index in [1.165, 1.54) is 0 Å². The van der Waals surface area contributed by atoms with Gasteiger partial charge in [0.15, 0.2) is 0 Å². The number of ether oxygens (including phenoxy) is 1. The van der Waals surface area contributed by atoms with Crippen molar-refractivity contribution in [2.45, 2.75) is 0 Å². The Hall–Kier alpha value is -1.46. The van der Waals surface area contributed by atoms with Gasteiger partial charge in [-0.3, -0.25) is 4.79 Å².